The Morgan fingerprint density at radius 3 is 2.23 bits per heavy atom. The zero-order chi connectivity index (χ0) is 10.7. The Hall–Kier alpha value is -0.810. The topological polar surface area (TPSA) is 61.2 Å². The Morgan fingerprint density at radius 2 is 1.92 bits per heavy atom. The molecule has 0 spiro atoms. The molecule has 4 nitrogen and oxygen atoms in total. The van der Waals surface area contributed by atoms with Crippen molar-refractivity contribution >= 4 is 10.0 Å². The van der Waals surface area contributed by atoms with Crippen LogP contribution in [0, 0.1) is 11.3 Å². The summed E-state index contributed by atoms with van der Waals surface area (Å²) < 4.78 is 56.8. The molecule has 0 rings (SSSR count). The van der Waals surface area contributed by atoms with Crippen LogP contribution >= 0.6 is 0 Å². The Balaban J connectivity index is 4.46. The molecule has 0 bridgehead atoms. The van der Waals surface area contributed by atoms with Crippen LogP contribution in [0.15, 0.2) is 0 Å². The lowest BCUT2D eigenvalue weighted by Gasteiger charge is -2.16. The summed E-state index contributed by atoms with van der Waals surface area (Å²) in [6.07, 6.45) is -4.59. The molecule has 13 heavy (non-hydrogen) atoms. The number of nitrogens with zero attached hydrogens (tertiary/aromatic N) is 2. The van der Waals surface area contributed by atoms with E-state index < -0.39 is 28.5 Å². The quantitative estimate of drug-likeness (QED) is 0.683. The third-order valence-corrected chi connectivity index (χ3v) is 2.70. The van der Waals surface area contributed by atoms with Crippen molar-refractivity contribution < 1.29 is 21.6 Å². The van der Waals surface area contributed by atoms with E-state index in [2.05, 4.69) is 0 Å². The fourth-order valence-corrected chi connectivity index (χ4v) is 1.27. The second-order valence-electron chi connectivity index (χ2n) is 2.29. The molecule has 0 fully saturated rings. The maximum atomic E-state index is 11.7. The summed E-state index contributed by atoms with van der Waals surface area (Å²) in [5.74, 6) is -0.945. The highest BCUT2D eigenvalue weighted by molar-refractivity contribution is 7.89. The van der Waals surface area contributed by atoms with Crippen LogP contribution in [0.2, 0.25) is 0 Å². The van der Waals surface area contributed by atoms with Crippen LogP contribution in [0.25, 0.3) is 0 Å². The lowest BCUT2D eigenvalue weighted by molar-refractivity contribution is -0.134. The molecule has 0 unspecified atom stereocenters. The van der Waals surface area contributed by atoms with Crippen molar-refractivity contribution in [1.82, 2.24) is 4.31 Å². The molecule has 0 atom stereocenters. The van der Waals surface area contributed by atoms with Gasteiger partial charge in [-0.05, 0) is 0 Å². The molecule has 0 saturated heterocycles. The molecule has 0 aliphatic carbocycles. The Labute approximate surface area is 73.6 Å². The molecular weight excluding hydrogens is 209 g/mol. The van der Waals surface area contributed by atoms with E-state index in [0.717, 1.165) is 7.05 Å². The molecule has 0 aliphatic rings. The van der Waals surface area contributed by atoms with E-state index in [0.29, 0.717) is 0 Å². The van der Waals surface area contributed by atoms with E-state index in [1.54, 1.807) is 0 Å². The maximum Gasteiger partial charge on any atom is 0.402 e. The summed E-state index contributed by atoms with van der Waals surface area (Å²) in [7, 11) is -3.31. The predicted octanol–water partition coefficient (Wildman–Crippen LogP) is 0.334. The van der Waals surface area contributed by atoms with Gasteiger partial charge in [0.1, 0.15) is 6.54 Å². The summed E-state index contributed by atoms with van der Waals surface area (Å²) in [6.45, 7) is -1.57. The molecule has 0 aromatic carbocycles. The molecular formula is C5H7F3N2O2S. The average Bonchev–Trinajstić information content (AvgIpc) is 1.82. The van der Waals surface area contributed by atoms with Gasteiger partial charge in [0.2, 0.25) is 10.0 Å². The zero-order valence-corrected chi connectivity index (χ0v) is 7.48. The van der Waals surface area contributed by atoms with Gasteiger partial charge in [-0.15, -0.1) is 0 Å². The maximum absolute atomic E-state index is 11.7. The molecule has 0 N–H and O–H groups in total. The van der Waals surface area contributed by atoms with Gasteiger partial charge >= 0.3 is 6.18 Å². The van der Waals surface area contributed by atoms with Crippen LogP contribution in [-0.2, 0) is 10.0 Å². The molecule has 8 heteroatoms. The number of sulfonamides is 1. The normalized spacial score (nSPS) is 12.9. The summed E-state index contributed by atoms with van der Waals surface area (Å²) in [4.78, 5) is 0. The number of hydrogen-bond acceptors (Lipinski definition) is 3. The second kappa shape index (κ2) is 3.93. The van der Waals surface area contributed by atoms with Crippen molar-refractivity contribution in [3.8, 4) is 6.07 Å². The van der Waals surface area contributed by atoms with Gasteiger partial charge in [-0.1, -0.05) is 0 Å². The van der Waals surface area contributed by atoms with E-state index in [4.69, 9.17) is 5.26 Å². The molecule has 0 heterocycles. The van der Waals surface area contributed by atoms with Crippen LogP contribution in [0.4, 0.5) is 13.2 Å². The van der Waals surface area contributed by atoms with Crippen LogP contribution < -0.4 is 0 Å². The first kappa shape index (κ1) is 12.2. The summed E-state index contributed by atoms with van der Waals surface area (Å²) >= 11 is 0. The van der Waals surface area contributed by atoms with Gasteiger partial charge in [0.15, 0.2) is 5.75 Å². The molecule has 0 amide bonds. The zero-order valence-electron chi connectivity index (χ0n) is 6.67. The fraction of sp³-hybridized carbons (Fsp3) is 0.800. The van der Waals surface area contributed by atoms with E-state index in [-0.39, 0.29) is 4.31 Å². The summed E-state index contributed by atoms with van der Waals surface area (Å²) in [6, 6.07) is 1.28. The van der Waals surface area contributed by atoms with Gasteiger partial charge in [0.05, 0.1) is 6.07 Å². The first-order valence-corrected chi connectivity index (χ1v) is 4.67. The minimum absolute atomic E-state index is 0.107. The van der Waals surface area contributed by atoms with Crippen LogP contribution in [0.5, 0.6) is 0 Å². The second-order valence-corrected chi connectivity index (χ2v) is 4.36. The van der Waals surface area contributed by atoms with Crippen LogP contribution in [0.1, 0.15) is 0 Å². The number of halogens is 3. The number of rotatable bonds is 3. The van der Waals surface area contributed by atoms with E-state index in [1.165, 1.54) is 6.07 Å². The van der Waals surface area contributed by atoms with Gasteiger partial charge < -0.3 is 0 Å². The highest BCUT2D eigenvalue weighted by Gasteiger charge is 2.33. The smallest absolute Gasteiger partial charge is 0.211 e. The van der Waals surface area contributed by atoms with Crippen molar-refractivity contribution in [2.45, 2.75) is 6.18 Å². The Bertz CT molecular complexity index is 303. The number of nitriles is 1. The van der Waals surface area contributed by atoms with E-state index >= 15 is 0 Å². The monoisotopic (exact) mass is 216 g/mol. The first-order valence-electron chi connectivity index (χ1n) is 3.07. The predicted molar refractivity (Wildman–Crippen MR) is 38.1 cm³/mol. The summed E-state index contributed by atoms with van der Waals surface area (Å²) in [5.41, 5.74) is 0. The van der Waals surface area contributed by atoms with Crippen molar-refractivity contribution in [2.75, 3.05) is 19.3 Å². The average molecular weight is 216 g/mol. The standard InChI is InChI=1S/C5H7F3N2O2S/c1-10(4-5(6,7)8)13(11,12)3-2-9/h3-4H2,1H3. The Kier molecular flexibility index (Phi) is 3.69. The van der Waals surface area contributed by atoms with Crippen LogP contribution in [0.3, 0.4) is 0 Å². The molecule has 0 aromatic rings. The van der Waals surface area contributed by atoms with Gasteiger partial charge in [0, 0.05) is 7.05 Å². The van der Waals surface area contributed by atoms with E-state index in [9.17, 15) is 21.6 Å². The molecule has 0 aliphatic heterocycles. The minimum Gasteiger partial charge on any atom is -0.211 e. The highest BCUT2D eigenvalue weighted by atomic mass is 32.2. The number of alkyl halides is 3. The first-order chi connectivity index (χ1) is 5.69. The highest BCUT2D eigenvalue weighted by Crippen LogP contribution is 2.17. The molecule has 0 saturated carbocycles. The fourth-order valence-electron chi connectivity index (χ4n) is 0.543. The SMILES string of the molecule is CN(CC(F)(F)F)S(=O)(=O)CC#N. The minimum atomic E-state index is -4.59. The summed E-state index contributed by atoms with van der Waals surface area (Å²) in [5, 5.41) is 8.01. The third kappa shape index (κ3) is 4.69. The van der Waals surface area contributed by atoms with Crippen molar-refractivity contribution in [3.05, 3.63) is 0 Å². The number of hydrogen-bond donors (Lipinski definition) is 0. The van der Waals surface area contributed by atoms with E-state index in [1.807, 2.05) is 0 Å². The Morgan fingerprint density at radius 1 is 1.46 bits per heavy atom. The van der Waals surface area contributed by atoms with Gasteiger partial charge in [0.25, 0.3) is 0 Å². The van der Waals surface area contributed by atoms with Crippen molar-refractivity contribution in [3.63, 3.8) is 0 Å². The lowest BCUT2D eigenvalue weighted by atomic mass is 10.6. The van der Waals surface area contributed by atoms with Crippen molar-refractivity contribution in [1.29, 1.82) is 5.26 Å². The molecule has 0 aromatic heterocycles. The largest absolute Gasteiger partial charge is 0.402 e. The molecule has 76 valence electrons. The third-order valence-electron chi connectivity index (χ3n) is 1.12. The van der Waals surface area contributed by atoms with Crippen molar-refractivity contribution in [2.24, 2.45) is 0 Å². The van der Waals surface area contributed by atoms with Crippen LogP contribution in [-0.4, -0.2) is 38.2 Å². The molecule has 0 radical (unpaired) electrons. The van der Waals surface area contributed by atoms with Gasteiger partial charge in [-0.25, -0.2) is 8.42 Å². The van der Waals surface area contributed by atoms with Gasteiger partial charge in [-0.3, -0.25) is 0 Å². The van der Waals surface area contributed by atoms with Gasteiger partial charge in [-0.2, -0.15) is 22.7 Å². The lowest BCUT2D eigenvalue weighted by Crippen LogP contribution is -2.36.